The number of para-hydroxylation sites is 1. The summed E-state index contributed by atoms with van der Waals surface area (Å²) in [6.45, 7) is 3.29. The van der Waals surface area contributed by atoms with E-state index in [1.807, 2.05) is 11.8 Å². The highest BCUT2D eigenvalue weighted by Crippen LogP contribution is 2.33. The molecule has 0 bridgehead atoms. The largest absolute Gasteiger partial charge is 0.478 e. The van der Waals surface area contributed by atoms with E-state index in [0.29, 0.717) is 12.5 Å². The second-order valence-corrected chi connectivity index (χ2v) is 4.42. The molecule has 0 amide bonds. The van der Waals surface area contributed by atoms with E-state index < -0.39 is 11.8 Å². The van der Waals surface area contributed by atoms with Crippen molar-refractivity contribution in [2.24, 2.45) is 5.92 Å². The molecule has 0 saturated heterocycles. The predicted molar refractivity (Wildman–Crippen MR) is 64.0 cm³/mol. The van der Waals surface area contributed by atoms with Gasteiger partial charge >= 0.3 is 5.97 Å². The molecule has 1 aliphatic carbocycles. The minimum Gasteiger partial charge on any atom is -0.478 e. The topological polar surface area (TPSA) is 40.5 Å². The van der Waals surface area contributed by atoms with Crippen molar-refractivity contribution in [3.63, 3.8) is 0 Å². The van der Waals surface area contributed by atoms with E-state index >= 15 is 0 Å². The van der Waals surface area contributed by atoms with E-state index in [1.165, 1.54) is 18.2 Å². The van der Waals surface area contributed by atoms with E-state index in [0.717, 1.165) is 19.4 Å². The van der Waals surface area contributed by atoms with Crippen molar-refractivity contribution in [3.8, 4) is 0 Å². The Morgan fingerprint density at radius 1 is 1.53 bits per heavy atom. The first-order valence-electron chi connectivity index (χ1n) is 5.90. The Morgan fingerprint density at radius 3 is 2.76 bits per heavy atom. The molecular weight excluding hydrogens is 221 g/mol. The van der Waals surface area contributed by atoms with Gasteiger partial charge in [-0.1, -0.05) is 6.07 Å². The Bertz CT molecular complexity index is 429. The van der Waals surface area contributed by atoms with Crippen molar-refractivity contribution in [2.75, 3.05) is 18.0 Å². The highest BCUT2D eigenvalue weighted by molar-refractivity contribution is 5.94. The van der Waals surface area contributed by atoms with Crippen LogP contribution in [0.25, 0.3) is 0 Å². The van der Waals surface area contributed by atoms with Crippen LogP contribution in [0.1, 0.15) is 30.1 Å². The molecule has 1 N–H and O–H groups in total. The van der Waals surface area contributed by atoms with Gasteiger partial charge in [-0.3, -0.25) is 0 Å². The first-order valence-corrected chi connectivity index (χ1v) is 5.90. The van der Waals surface area contributed by atoms with Gasteiger partial charge in [0.1, 0.15) is 5.82 Å². The van der Waals surface area contributed by atoms with E-state index in [1.54, 1.807) is 0 Å². The number of rotatable bonds is 5. The van der Waals surface area contributed by atoms with E-state index in [-0.39, 0.29) is 11.3 Å². The summed E-state index contributed by atoms with van der Waals surface area (Å²) >= 11 is 0. The lowest BCUT2D eigenvalue weighted by molar-refractivity contribution is 0.0697. The fourth-order valence-corrected chi connectivity index (χ4v) is 2.00. The number of benzene rings is 1. The van der Waals surface area contributed by atoms with Crippen LogP contribution < -0.4 is 4.90 Å². The molecule has 0 radical (unpaired) electrons. The highest BCUT2D eigenvalue weighted by Gasteiger charge is 2.27. The van der Waals surface area contributed by atoms with E-state index in [4.69, 9.17) is 5.11 Å². The lowest BCUT2D eigenvalue weighted by Gasteiger charge is -2.25. The summed E-state index contributed by atoms with van der Waals surface area (Å²) in [4.78, 5) is 12.9. The number of nitrogens with zero attached hydrogens (tertiary/aromatic N) is 1. The number of carboxylic acids is 1. The Balaban J connectivity index is 2.35. The molecule has 0 heterocycles. The molecule has 4 heteroatoms. The molecule has 1 fully saturated rings. The summed E-state index contributed by atoms with van der Waals surface area (Å²) in [7, 11) is 0. The number of hydrogen-bond donors (Lipinski definition) is 1. The number of anilines is 1. The molecule has 17 heavy (non-hydrogen) atoms. The third kappa shape index (κ3) is 2.57. The summed E-state index contributed by atoms with van der Waals surface area (Å²) in [6, 6.07) is 4.21. The zero-order chi connectivity index (χ0) is 12.4. The van der Waals surface area contributed by atoms with Crippen molar-refractivity contribution < 1.29 is 14.3 Å². The van der Waals surface area contributed by atoms with Crippen molar-refractivity contribution in [3.05, 3.63) is 29.6 Å². The molecule has 92 valence electrons. The van der Waals surface area contributed by atoms with Gasteiger partial charge < -0.3 is 10.0 Å². The number of carboxylic acid groups (broad SMARTS) is 1. The molecule has 1 aromatic rings. The van der Waals surface area contributed by atoms with Gasteiger partial charge in [-0.05, 0) is 37.8 Å². The van der Waals surface area contributed by atoms with E-state index in [2.05, 4.69) is 0 Å². The van der Waals surface area contributed by atoms with Gasteiger partial charge in [-0.25, -0.2) is 9.18 Å². The second kappa shape index (κ2) is 4.73. The summed E-state index contributed by atoms with van der Waals surface area (Å²) in [6.07, 6.45) is 2.32. The van der Waals surface area contributed by atoms with Crippen LogP contribution in [0.4, 0.5) is 10.1 Å². The smallest absolute Gasteiger partial charge is 0.337 e. The first-order chi connectivity index (χ1) is 8.13. The maximum absolute atomic E-state index is 13.8. The fourth-order valence-electron chi connectivity index (χ4n) is 2.00. The highest BCUT2D eigenvalue weighted by atomic mass is 19.1. The van der Waals surface area contributed by atoms with Crippen LogP contribution in [0, 0.1) is 11.7 Å². The lowest BCUT2D eigenvalue weighted by atomic mass is 10.1. The summed E-state index contributed by atoms with van der Waals surface area (Å²) < 4.78 is 13.8. The molecule has 0 spiro atoms. The van der Waals surface area contributed by atoms with Crippen LogP contribution in [0.15, 0.2) is 18.2 Å². The van der Waals surface area contributed by atoms with Crippen molar-refractivity contribution in [2.45, 2.75) is 19.8 Å². The summed E-state index contributed by atoms with van der Waals surface area (Å²) in [5.74, 6) is -0.933. The van der Waals surface area contributed by atoms with Gasteiger partial charge in [0.2, 0.25) is 0 Å². The lowest BCUT2D eigenvalue weighted by Crippen LogP contribution is -2.28. The zero-order valence-corrected chi connectivity index (χ0v) is 9.82. The third-order valence-electron chi connectivity index (χ3n) is 3.09. The Labute approximate surface area is 99.9 Å². The fraction of sp³-hybridized carbons (Fsp3) is 0.462. The SMILES string of the molecule is CCN(CC1CC1)c1c(F)cccc1C(=O)O. The number of halogens is 1. The van der Waals surface area contributed by atoms with Gasteiger partial charge in [0.05, 0.1) is 11.3 Å². The Morgan fingerprint density at radius 2 is 2.24 bits per heavy atom. The summed E-state index contributed by atoms with van der Waals surface area (Å²) in [5.41, 5.74) is 0.280. The molecular formula is C13H16FNO2. The van der Waals surface area contributed by atoms with Crippen LogP contribution in [0.3, 0.4) is 0 Å². The number of carbonyl (C=O) groups is 1. The molecule has 0 aromatic heterocycles. The monoisotopic (exact) mass is 237 g/mol. The normalized spacial score (nSPS) is 14.7. The average Bonchev–Trinajstić information content (AvgIpc) is 3.10. The molecule has 1 aliphatic rings. The van der Waals surface area contributed by atoms with Gasteiger partial charge in [0.15, 0.2) is 0 Å². The molecule has 0 aliphatic heterocycles. The summed E-state index contributed by atoms with van der Waals surface area (Å²) in [5, 5.41) is 9.09. The molecule has 3 nitrogen and oxygen atoms in total. The zero-order valence-electron chi connectivity index (χ0n) is 9.82. The average molecular weight is 237 g/mol. The minimum atomic E-state index is -1.08. The van der Waals surface area contributed by atoms with Gasteiger partial charge in [0, 0.05) is 13.1 Å². The van der Waals surface area contributed by atoms with Crippen LogP contribution in [0.2, 0.25) is 0 Å². The van der Waals surface area contributed by atoms with Crippen molar-refractivity contribution in [1.29, 1.82) is 0 Å². The standard InChI is InChI=1S/C13H16FNO2/c1-2-15(8-9-6-7-9)12-10(13(16)17)4-3-5-11(12)14/h3-5,9H,2,6-8H2,1H3,(H,16,17). The molecule has 0 unspecified atom stereocenters. The van der Waals surface area contributed by atoms with Crippen LogP contribution in [-0.4, -0.2) is 24.2 Å². The first kappa shape index (κ1) is 11.9. The van der Waals surface area contributed by atoms with Crippen LogP contribution >= 0.6 is 0 Å². The molecule has 0 atom stereocenters. The maximum Gasteiger partial charge on any atom is 0.337 e. The quantitative estimate of drug-likeness (QED) is 0.856. The molecule has 1 saturated carbocycles. The predicted octanol–water partition coefficient (Wildman–Crippen LogP) is 2.76. The Kier molecular flexibility index (Phi) is 3.31. The van der Waals surface area contributed by atoms with Gasteiger partial charge in [-0.15, -0.1) is 0 Å². The van der Waals surface area contributed by atoms with Gasteiger partial charge in [0.25, 0.3) is 0 Å². The van der Waals surface area contributed by atoms with Crippen molar-refractivity contribution in [1.82, 2.24) is 0 Å². The van der Waals surface area contributed by atoms with E-state index in [9.17, 15) is 9.18 Å². The third-order valence-corrected chi connectivity index (χ3v) is 3.09. The molecule has 1 aromatic carbocycles. The van der Waals surface area contributed by atoms with Crippen molar-refractivity contribution >= 4 is 11.7 Å². The van der Waals surface area contributed by atoms with Gasteiger partial charge in [-0.2, -0.15) is 0 Å². The second-order valence-electron chi connectivity index (χ2n) is 4.42. The number of aromatic carboxylic acids is 1. The van der Waals surface area contributed by atoms with Crippen LogP contribution in [-0.2, 0) is 0 Å². The maximum atomic E-state index is 13.8. The van der Waals surface area contributed by atoms with Crippen LogP contribution in [0.5, 0.6) is 0 Å². The Hall–Kier alpha value is -1.58. The minimum absolute atomic E-state index is 0.0486. The number of hydrogen-bond acceptors (Lipinski definition) is 2. The molecule has 2 rings (SSSR count).